The third-order valence-corrected chi connectivity index (χ3v) is 6.05. The quantitative estimate of drug-likeness (QED) is 0.199. The molecule has 0 spiro atoms. The summed E-state index contributed by atoms with van der Waals surface area (Å²) in [5, 5.41) is 29.6. The lowest BCUT2D eigenvalue weighted by Gasteiger charge is -2.28. The summed E-state index contributed by atoms with van der Waals surface area (Å²) in [6.07, 6.45) is 19.0. The summed E-state index contributed by atoms with van der Waals surface area (Å²) in [6.45, 7) is 8.54. The molecule has 0 saturated heterocycles. The highest BCUT2D eigenvalue weighted by Crippen LogP contribution is 2.46. The van der Waals surface area contributed by atoms with E-state index >= 15 is 0 Å². The number of hydrogen-bond acceptors (Lipinski definition) is 7. The molecule has 2 aliphatic carbocycles. The largest absolute Gasteiger partial charge is 0.507 e. The molecule has 0 radical (unpaired) electrons. The summed E-state index contributed by atoms with van der Waals surface area (Å²) >= 11 is 0. The number of fused-ring (bicyclic) bond motifs is 3. The molecular weight excluding hydrogens is 484 g/mol. The molecule has 0 fully saturated rings. The third-order valence-electron chi connectivity index (χ3n) is 6.05. The van der Waals surface area contributed by atoms with Gasteiger partial charge in [0.15, 0.2) is 11.6 Å². The standard InChI is InChI=1S/C20H16O5.C5H12O2.C2H4.2C2H2/c1-9(21)10-6-7-13-14(8-10)20(25)16-15(19(13)24)17(22)11-4-2-3-5-12(11)18(16)23;1-7-5-3-2-4-6;3*1-2/h2-5,10,24-25H,6-8H2,1H3;6H,2-5H2,1H3;1-2H2;2*1-2H/t10-;;;;/m0..../s1. The minimum absolute atomic E-state index is 0.00927. The Kier molecular flexibility index (Phi) is 15.4. The van der Waals surface area contributed by atoms with Gasteiger partial charge in [-0.05, 0) is 39.0 Å². The predicted molar refractivity (Wildman–Crippen MR) is 149 cm³/mol. The van der Waals surface area contributed by atoms with Gasteiger partial charge in [-0.2, -0.15) is 0 Å². The van der Waals surface area contributed by atoms with E-state index in [0.29, 0.717) is 24.0 Å². The monoisotopic (exact) mass is 520 g/mol. The number of Topliss-reactive ketones (excluding diaryl/α,β-unsaturated/α-hetero) is 1. The smallest absolute Gasteiger partial charge is 0.198 e. The lowest BCUT2D eigenvalue weighted by atomic mass is 9.75. The number of unbranched alkanes of at least 4 members (excludes halogenated alkanes) is 1. The van der Waals surface area contributed by atoms with E-state index in [4.69, 9.17) is 9.84 Å². The average Bonchev–Trinajstić information content (AvgIpc) is 2.97. The molecule has 0 unspecified atom stereocenters. The van der Waals surface area contributed by atoms with Crippen LogP contribution in [-0.2, 0) is 22.4 Å². The van der Waals surface area contributed by atoms with Crippen LogP contribution in [0.4, 0.5) is 0 Å². The zero-order chi connectivity index (χ0) is 29.4. The number of ether oxygens (including phenoxy) is 1. The van der Waals surface area contributed by atoms with Crippen LogP contribution in [-0.4, -0.2) is 53.0 Å². The Morgan fingerprint density at radius 3 is 1.84 bits per heavy atom. The predicted octanol–water partition coefficient (Wildman–Crippen LogP) is 4.27. The van der Waals surface area contributed by atoms with Gasteiger partial charge in [0.25, 0.3) is 0 Å². The molecule has 0 bridgehead atoms. The van der Waals surface area contributed by atoms with Crippen LogP contribution in [0.25, 0.3) is 0 Å². The molecule has 4 rings (SSSR count). The second kappa shape index (κ2) is 17.3. The van der Waals surface area contributed by atoms with E-state index in [0.717, 1.165) is 19.4 Å². The van der Waals surface area contributed by atoms with Crippen molar-refractivity contribution in [3.8, 4) is 37.2 Å². The molecule has 2 aromatic carbocycles. The molecule has 0 aliphatic heterocycles. The number of phenols is 2. The van der Waals surface area contributed by atoms with E-state index in [1.54, 1.807) is 25.3 Å². The third kappa shape index (κ3) is 7.43. The molecule has 0 saturated carbocycles. The molecule has 7 nitrogen and oxygen atoms in total. The number of ketones is 3. The maximum absolute atomic E-state index is 12.8. The van der Waals surface area contributed by atoms with Crippen molar-refractivity contribution >= 4 is 17.3 Å². The number of benzene rings is 2. The number of aromatic hydroxyl groups is 2. The normalized spacial score (nSPS) is 14.0. The van der Waals surface area contributed by atoms with Crippen LogP contribution in [0.5, 0.6) is 11.5 Å². The van der Waals surface area contributed by atoms with Gasteiger partial charge in [-0.25, -0.2) is 0 Å². The van der Waals surface area contributed by atoms with E-state index in [1.165, 1.54) is 13.0 Å². The zero-order valence-electron chi connectivity index (χ0n) is 22.0. The van der Waals surface area contributed by atoms with E-state index < -0.39 is 11.6 Å². The van der Waals surface area contributed by atoms with Crippen molar-refractivity contribution in [3.63, 3.8) is 0 Å². The minimum atomic E-state index is -0.481. The van der Waals surface area contributed by atoms with Crippen LogP contribution in [0.1, 0.15) is 69.2 Å². The molecule has 7 heteroatoms. The number of rotatable bonds is 5. The van der Waals surface area contributed by atoms with Crippen LogP contribution >= 0.6 is 0 Å². The number of carbonyl (C=O) groups excluding carboxylic acids is 3. The lowest BCUT2D eigenvalue weighted by Crippen LogP contribution is -2.26. The van der Waals surface area contributed by atoms with Crippen molar-refractivity contribution in [3.05, 3.63) is 70.8 Å². The van der Waals surface area contributed by atoms with Gasteiger partial charge in [0, 0.05) is 48.5 Å². The minimum Gasteiger partial charge on any atom is -0.507 e. The second-order valence-electron chi connectivity index (χ2n) is 8.08. The first-order valence-electron chi connectivity index (χ1n) is 11.9. The number of aliphatic hydroxyl groups is 1. The van der Waals surface area contributed by atoms with Gasteiger partial charge in [0.2, 0.25) is 0 Å². The molecule has 2 aromatic rings. The number of terminal acetylenes is 2. The lowest BCUT2D eigenvalue weighted by molar-refractivity contribution is -0.121. The molecule has 38 heavy (non-hydrogen) atoms. The Morgan fingerprint density at radius 2 is 1.42 bits per heavy atom. The molecule has 0 aromatic heterocycles. The van der Waals surface area contributed by atoms with Gasteiger partial charge in [-0.3, -0.25) is 14.4 Å². The molecular formula is C31H36O7. The fourth-order valence-corrected chi connectivity index (χ4v) is 4.28. The summed E-state index contributed by atoms with van der Waals surface area (Å²) < 4.78 is 4.73. The molecule has 3 N–H and O–H groups in total. The van der Waals surface area contributed by atoms with Gasteiger partial charge in [-0.15, -0.1) is 38.9 Å². The Labute approximate surface area is 225 Å². The molecule has 2 aliphatic rings. The van der Waals surface area contributed by atoms with Crippen molar-refractivity contribution in [1.82, 2.24) is 0 Å². The molecule has 1 atom stereocenters. The van der Waals surface area contributed by atoms with Gasteiger partial charge >= 0.3 is 0 Å². The maximum atomic E-state index is 12.8. The Balaban J connectivity index is 0.000000899. The average molecular weight is 521 g/mol. The summed E-state index contributed by atoms with van der Waals surface area (Å²) in [7, 11) is 1.66. The summed E-state index contributed by atoms with van der Waals surface area (Å²) in [5.74, 6) is -1.70. The highest BCUT2D eigenvalue weighted by molar-refractivity contribution is 6.30. The van der Waals surface area contributed by atoms with Crippen molar-refractivity contribution < 1.29 is 34.4 Å². The number of hydrogen-bond donors (Lipinski definition) is 3. The summed E-state index contributed by atoms with van der Waals surface area (Å²) in [6, 6.07) is 6.38. The fourth-order valence-electron chi connectivity index (χ4n) is 4.28. The first-order valence-corrected chi connectivity index (χ1v) is 11.9. The Bertz CT molecular complexity index is 1150. The second-order valence-corrected chi connectivity index (χ2v) is 8.08. The molecule has 0 amide bonds. The number of phenolic OH excluding ortho intramolecular Hbond substituents is 2. The van der Waals surface area contributed by atoms with Crippen LogP contribution in [0, 0.1) is 31.6 Å². The molecule has 202 valence electrons. The first kappa shape index (κ1) is 33.8. The molecule has 0 heterocycles. The van der Waals surface area contributed by atoms with Gasteiger partial charge < -0.3 is 20.1 Å². The van der Waals surface area contributed by atoms with E-state index in [1.807, 2.05) is 0 Å². The van der Waals surface area contributed by atoms with E-state index in [9.17, 15) is 24.6 Å². The zero-order valence-corrected chi connectivity index (χ0v) is 22.0. The first-order chi connectivity index (χ1) is 18.3. The topological polar surface area (TPSA) is 121 Å². The number of carbonyl (C=O) groups is 3. The maximum Gasteiger partial charge on any atom is 0.198 e. The highest BCUT2D eigenvalue weighted by atomic mass is 16.5. The van der Waals surface area contributed by atoms with Gasteiger partial charge in [-0.1, -0.05) is 24.3 Å². The van der Waals surface area contributed by atoms with Crippen LogP contribution < -0.4 is 0 Å². The SMILES string of the molecule is C#C.C#C.C=C.CC(=O)[C@H]1CCc2c(O)c3c(c(O)c2C1)C(=O)c1ccccc1C3=O.COCCCCO. The van der Waals surface area contributed by atoms with Crippen molar-refractivity contribution in [2.45, 2.75) is 39.0 Å². The van der Waals surface area contributed by atoms with E-state index in [-0.39, 0.29) is 58.5 Å². The van der Waals surface area contributed by atoms with Crippen molar-refractivity contribution in [2.24, 2.45) is 5.92 Å². The number of aliphatic hydroxyl groups excluding tert-OH is 1. The number of methoxy groups -OCH3 is 1. The highest BCUT2D eigenvalue weighted by Gasteiger charge is 2.39. The van der Waals surface area contributed by atoms with E-state index in [2.05, 4.69) is 38.9 Å². The van der Waals surface area contributed by atoms with Crippen LogP contribution in [0.2, 0.25) is 0 Å². The van der Waals surface area contributed by atoms with Crippen LogP contribution in [0.3, 0.4) is 0 Å². The summed E-state index contributed by atoms with van der Waals surface area (Å²) in [5.41, 5.74) is 1.04. The Hall–Kier alpha value is -4.17. The Morgan fingerprint density at radius 1 is 0.947 bits per heavy atom. The van der Waals surface area contributed by atoms with Crippen LogP contribution in [0.15, 0.2) is 37.4 Å². The fraction of sp³-hybridized carbons (Fsp3) is 0.323. The van der Waals surface area contributed by atoms with Gasteiger partial charge in [0.05, 0.1) is 11.1 Å². The van der Waals surface area contributed by atoms with Gasteiger partial charge in [0.1, 0.15) is 17.3 Å². The summed E-state index contributed by atoms with van der Waals surface area (Å²) in [4.78, 5) is 37.4. The van der Waals surface area contributed by atoms with Crippen molar-refractivity contribution in [1.29, 1.82) is 0 Å². The van der Waals surface area contributed by atoms with Crippen molar-refractivity contribution in [2.75, 3.05) is 20.3 Å².